The van der Waals surface area contributed by atoms with Crippen LogP contribution in [0.5, 0.6) is 5.75 Å². The molecule has 0 bridgehead atoms. The number of hydrogen-bond donors (Lipinski definition) is 0. The van der Waals surface area contributed by atoms with E-state index < -0.39 is 11.9 Å². The van der Waals surface area contributed by atoms with Gasteiger partial charge in [-0.3, -0.25) is 0 Å². The number of carbonyl (C=O) groups excluding carboxylic acids is 2. The predicted molar refractivity (Wildman–Crippen MR) is 137 cm³/mol. The number of benzene rings is 3. The average molecular weight is 472 g/mol. The number of rotatable bonds is 12. The molecule has 0 aliphatic heterocycles. The summed E-state index contributed by atoms with van der Waals surface area (Å²) < 4.78 is 15.5. The van der Waals surface area contributed by atoms with Crippen molar-refractivity contribution in [3.63, 3.8) is 0 Å². The molecular formula is C29H29NO5. The lowest BCUT2D eigenvalue weighted by atomic mass is 10.1. The average Bonchev–Trinajstić information content (AvgIpc) is 2.90. The van der Waals surface area contributed by atoms with Gasteiger partial charge < -0.3 is 19.1 Å². The fourth-order valence-electron chi connectivity index (χ4n) is 3.46. The molecule has 180 valence electrons. The summed E-state index contributed by atoms with van der Waals surface area (Å²) >= 11 is 0. The van der Waals surface area contributed by atoms with Gasteiger partial charge in [0, 0.05) is 42.1 Å². The maximum absolute atomic E-state index is 11.2. The van der Waals surface area contributed by atoms with Gasteiger partial charge >= 0.3 is 11.9 Å². The van der Waals surface area contributed by atoms with E-state index in [0.717, 1.165) is 46.1 Å². The van der Waals surface area contributed by atoms with Gasteiger partial charge in [-0.25, -0.2) is 9.59 Å². The second-order valence-corrected chi connectivity index (χ2v) is 7.61. The first-order chi connectivity index (χ1) is 17.0. The third kappa shape index (κ3) is 7.33. The molecule has 0 unspecified atom stereocenters. The Bertz CT molecular complexity index is 1070. The van der Waals surface area contributed by atoms with Crippen molar-refractivity contribution in [2.24, 2.45) is 0 Å². The van der Waals surface area contributed by atoms with Gasteiger partial charge in [-0.15, -0.1) is 0 Å². The summed E-state index contributed by atoms with van der Waals surface area (Å²) in [6, 6.07) is 24.1. The summed E-state index contributed by atoms with van der Waals surface area (Å²) in [6.45, 7) is 7.41. The van der Waals surface area contributed by atoms with Gasteiger partial charge in [0.1, 0.15) is 5.75 Å². The van der Waals surface area contributed by atoms with Crippen LogP contribution in [0.25, 0.3) is 0 Å². The molecule has 0 atom stereocenters. The Balaban J connectivity index is 1.80. The Hall–Kier alpha value is -4.32. The van der Waals surface area contributed by atoms with Crippen LogP contribution in [0.4, 0.5) is 17.1 Å². The first-order valence-corrected chi connectivity index (χ1v) is 11.2. The second-order valence-electron chi connectivity index (χ2n) is 7.61. The van der Waals surface area contributed by atoms with Crippen LogP contribution in [-0.4, -0.2) is 32.3 Å². The van der Waals surface area contributed by atoms with Gasteiger partial charge in [-0.05, 0) is 59.7 Å². The quantitative estimate of drug-likeness (QED) is 0.249. The van der Waals surface area contributed by atoms with E-state index in [-0.39, 0.29) is 0 Å². The van der Waals surface area contributed by atoms with E-state index in [2.05, 4.69) is 18.1 Å². The highest BCUT2D eigenvalue weighted by Crippen LogP contribution is 2.35. The van der Waals surface area contributed by atoms with Crippen molar-refractivity contribution >= 4 is 29.0 Å². The molecule has 3 rings (SSSR count). The number of methoxy groups -OCH3 is 1. The SMILES string of the molecule is C=CC(=O)OCCc1ccc(N(c2ccc(CCOC(=O)C=C)cc2)c2ccc(OC)cc2)cc1. The third-order valence-electron chi connectivity index (χ3n) is 5.32. The Labute approximate surface area is 206 Å². The summed E-state index contributed by atoms with van der Waals surface area (Å²) in [5.74, 6) is -0.0632. The minimum absolute atomic E-state index is 0.302. The first kappa shape index (κ1) is 25.3. The Morgan fingerprint density at radius 3 is 1.40 bits per heavy atom. The Morgan fingerprint density at radius 1 is 0.686 bits per heavy atom. The standard InChI is InChI=1S/C29H29NO5/c1-4-28(31)34-20-18-22-6-10-24(11-7-22)30(26-14-16-27(33-3)17-15-26)25-12-8-23(9-13-25)19-21-35-29(32)5-2/h4-17H,1-2,18-21H2,3H3. The number of hydrogen-bond acceptors (Lipinski definition) is 6. The molecule has 0 aromatic heterocycles. The normalized spacial score (nSPS) is 10.2. The lowest BCUT2D eigenvalue weighted by Gasteiger charge is -2.26. The van der Waals surface area contributed by atoms with Crippen molar-refractivity contribution in [3.05, 3.63) is 109 Å². The highest BCUT2D eigenvalue weighted by atomic mass is 16.5. The van der Waals surface area contributed by atoms with E-state index in [1.807, 2.05) is 72.8 Å². The van der Waals surface area contributed by atoms with Crippen molar-refractivity contribution < 1.29 is 23.8 Å². The second kappa shape index (κ2) is 12.8. The van der Waals surface area contributed by atoms with Crippen molar-refractivity contribution in [2.45, 2.75) is 12.8 Å². The molecule has 3 aromatic carbocycles. The van der Waals surface area contributed by atoms with Crippen molar-refractivity contribution in [3.8, 4) is 5.75 Å². The van der Waals surface area contributed by atoms with Crippen molar-refractivity contribution in [1.82, 2.24) is 0 Å². The third-order valence-corrected chi connectivity index (χ3v) is 5.32. The highest BCUT2D eigenvalue weighted by molar-refractivity contribution is 5.81. The maximum Gasteiger partial charge on any atom is 0.330 e. The molecule has 0 N–H and O–H groups in total. The van der Waals surface area contributed by atoms with E-state index in [0.29, 0.717) is 26.1 Å². The van der Waals surface area contributed by atoms with Gasteiger partial charge in [0.05, 0.1) is 20.3 Å². The number of anilines is 3. The molecule has 6 nitrogen and oxygen atoms in total. The minimum atomic E-state index is -0.422. The summed E-state index contributed by atoms with van der Waals surface area (Å²) in [7, 11) is 1.64. The number of ether oxygens (including phenoxy) is 3. The molecule has 0 saturated heterocycles. The van der Waals surface area contributed by atoms with Crippen LogP contribution in [0.15, 0.2) is 98.1 Å². The fraction of sp³-hybridized carbons (Fsp3) is 0.172. The van der Waals surface area contributed by atoms with Gasteiger partial charge in [0.25, 0.3) is 0 Å². The highest BCUT2D eigenvalue weighted by Gasteiger charge is 2.13. The molecule has 0 radical (unpaired) electrons. The maximum atomic E-state index is 11.2. The van der Waals surface area contributed by atoms with Crippen LogP contribution >= 0.6 is 0 Å². The number of esters is 2. The number of carbonyl (C=O) groups is 2. The molecular weight excluding hydrogens is 442 g/mol. The molecule has 0 aliphatic carbocycles. The summed E-state index contributed by atoms with van der Waals surface area (Å²) in [5.41, 5.74) is 5.06. The zero-order valence-electron chi connectivity index (χ0n) is 19.8. The monoisotopic (exact) mass is 471 g/mol. The largest absolute Gasteiger partial charge is 0.497 e. The van der Waals surface area contributed by atoms with Gasteiger partial charge in [0.2, 0.25) is 0 Å². The van der Waals surface area contributed by atoms with E-state index in [1.165, 1.54) is 0 Å². The molecule has 0 aliphatic rings. The van der Waals surface area contributed by atoms with Crippen LogP contribution in [-0.2, 0) is 31.9 Å². The van der Waals surface area contributed by atoms with Crippen molar-refractivity contribution in [1.29, 1.82) is 0 Å². The van der Waals surface area contributed by atoms with Crippen LogP contribution < -0.4 is 9.64 Å². The van der Waals surface area contributed by atoms with E-state index in [1.54, 1.807) is 7.11 Å². The van der Waals surface area contributed by atoms with Crippen LogP contribution in [0.1, 0.15) is 11.1 Å². The summed E-state index contributed by atoms with van der Waals surface area (Å²) in [4.78, 5) is 24.6. The topological polar surface area (TPSA) is 65.1 Å². The molecule has 6 heteroatoms. The van der Waals surface area contributed by atoms with Crippen molar-refractivity contribution in [2.75, 3.05) is 25.2 Å². The van der Waals surface area contributed by atoms with Gasteiger partial charge in [-0.1, -0.05) is 37.4 Å². The van der Waals surface area contributed by atoms with E-state index in [9.17, 15) is 9.59 Å². The molecule has 0 saturated carbocycles. The van der Waals surface area contributed by atoms with Crippen LogP contribution in [0, 0.1) is 0 Å². The molecule has 0 amide bonds. The van der Waals surface area contributed by atoms with Crippen LogP contribution in [0.2, 0.25) is 0 Å². The van der Waals surface area contributed by atoms with E-state index in [4.69, 9.17) is 14.2 Å². The zero-order chi connectivity index (χ0) is 25.0. The molecule has 0 heterocycles. The van der Waals surface area contributed by atoms with Gasteiger partial charge in [0.15, 0.2) is 0 Å². The fourth-order valence-corrected chi connectivity index (χ4v) is 3.46. The minimum Gasteiger partial charge on any atom is -0.497 e. The van der Waals surface area contributed by atoms with Crippen LogP contribution in [0.3, 0.4) is 0 Å². The Kier molecular flexibility index (Phi) is 9.25. The predicted octanol–water partition coefficient (Wildman–Crippen LogP) is 5.71. The molecule has 0 spiro atoms. The zero-order valence-corrected chi connectivity index (χ0v) is 19.8. The van der Waals surface area contributed by atoms with E-state index >= 15 is 0 Å². The number of nitrogens with zero attached hydrogens (tertiary/aromatic N) is 1. The molecule has 3 aromatic rings. The smallest absolute Gasteiger partial charge is 0.330 e. The Morgan fingerprint density at radius 2 is 1.06 bits per heavy atom. The lowest BCUT2D eigenvalue weighted by molar-refractivity contribution is -0.138. The molecule has 0 fully saturated rings. The first-order valence-electron chi connectivity index (χ1n) is 11.2. The summed E-state index contributed by atoms with van der Waals surface area (Å²) in [5, 5.41) is 0. The van der Waals surface area contributed by atoms with Gasteiger partial charge in [-0.2, -0.15) is 0 Å². The molecule has 35 heavy (non-hydrogen) atoms. The lowest BCUT2D eigenvalue weighted by Crippen LogP contribution is -2.10. The summed E-state index contributed by atoms with van der Waals surface area (Å²) in [6.07, 6.45) is 3.56.